The lowest BCUT2D eigenvalue weighted by molar-refractivity contribution is -0.143. The maximum absolute atomic E-state index is 13.0. The van der Waals surface area contributed by atoms with Crippen molar-refractivity contribution in [3.63, 3.8) is 0 Å². The number of alkyl halides is 6. The Labute approximate surface area is 136 Å². The van der Waals surface area contributed by atoms with Crippen LogP contribution in [0, 0.1) is 0 Å². The van der Waals surface area contributed by atoms with E-state index in [-0.39, 0.29) is 17.2 Å². The van der Waals surface area contributed by atoms with E-state index in [1.54, 1.807) is 0 Å². The van der Waals surface area contributed by atoms with Crippen LogP contribution in [0.5, 0.6) is 0 Å². The molecule has 0 spiro atoms. The number of benzene rings is 2. The monoisotopic (exact) mass is 361 g/mol. The molecule has 2 aromatic rings. The average molecular weight is 361 g/mol. The Balaban J connectivity index is 2.26. The second-order valence-electron chi connectivity index (χ2n) is 5.50. The van der Waals surface area contributed by atoms with E-state index in [0.717, 1.165) is 0 Å². The molecule has 1 amide bonds. The lowest BCUT2D eigenvalue weighted by Gasteiger charge is -2.26. The van der Waals surface area contributed by atoms with Crippen LogP contribution in [0.3, 0.4) is 0 Å². The Kier molecular flexibility index (Phi) is 3.61. The molecule has 2 N–H and O–H groups in total. The molecule has 0 saturated carbocycles. The van der Waals surface area contributed by atoms with Gasteiger partial charge in [0.1, 0.15) is 0 Å². The van der Waals surface area contributed by atoms with Crippen LogP contribution < -0.4 is 5.32 Å². The first-order valence-electron chi connectivity index (χ1n) is 6.87. The molecular formula is C16H9F6NO2. The van der Waals surface area contributed by atoms with E-state index in [1.807, 2.05) is 0 Å². The van der Waals surface area contributed by atoms with Crippen LogP contribution in [0.2, 0.25) is 0 Å². The summed E-state index contributed by atoms with van der Waals surface area (Å²) in [5.74, 6) is -0.802. The minimum Gasteiger partial charge on any atom is -0.363 e. The van der Waals surface area contributed by atoms with Crippen molar-refractivity contribution in [3.8, 4) is 0 Å². The van der Waals surface area contributed by atoms with Crippen molar-refractivity contribution in [1.29, 1.82) is 0 Å². The van der Waals surface area contributed by atoms with Gasteiger partial charge in [-0.15, -0.1) is 0 Å². The number of carbonyl (C=O) groups is 1. The van der Waals surface area contributed by atoms with E-state index in [4.69, 9.17) is 0 Å². The summed E-state index contributed by atoms with van der Waals surface area (Å²) in [5.41, 5.74) is -6.53. The molecule has 0 bridgehead atoms. The molecule has 9 heteroatoms. The molecule has 1 unspecified atom stereocenters. The number of hydrogen-bond donors (Lipinski definition) is 2. The highest BCUT2D eigenvalue weighted by molar-refractivity contribution is 6.00. The molecule has 0 aromatic heterocycles. The normalized spacial score (nSPS) is 20.4. The van der Waals surface area contributed by atoms with E-state index >= 15 is 0 Å². The molecule has 0 aliphatic carbocycles. The second-order valence-corrected chi connectivity index (χ2v) is 5.50. The van der Waals surface area contributed by atoms with Gasteiger partial charge in [0.05, 0.1) is 11.1 Å². The zero-order chi connectivity index (χ0) is 18.6. The van der Waals surface area contributed by atoms with Gasteiger partial charge in [0.15, 0.2) is 5.72 Å². The van der Waals surface area contributed by atoms with Gasteiger partial charge in [-0.2, -0.15) is 26.3 Å². The molecule has 2 aromatic carbocycles. The Morgan fingerprint density at radius 3 is 1.92 bits per heavy atom. The summed E-state index contributed by atoms with van der Waals surface area (Å²) in [5, 5.41) is 12.8. The summed E-state index contributed by atoms with van der Waals surface area (Å²) in [7, 11) is 0. The fourth-order valence-corrected chi connectivity index (χ4v) is 2.69. The standard InChI is InChI=1S/C16H9F6NO2/c17-15(18,19)9-5-8(6-10(7-9)16(20,21)22)14(25)12-4-2-1-3-11(12)13(24)23-14/h1-7,25H,(H,23,24). The molecule has 1 aliphatic rings. The van der Waals surface area contributed by atoms with Crippen molar-refractivity contribution >= 4 is 5.91 Å². The number of fused-ring (bicyclic) bond motifs is 1. The van der Waals surface area contributed by atoms with Gasteiger partial charge in [0.2, 0.25) is 0 Å². The minimum absolute atomic E-state index is 0.0315. The third-order valence-corrected chi connectivity index (χ3v) is 3.86. The molecule has 1 heterocycles. The van der Waals surface area contributed by atoms with E-state index in [0.29, 0.717) is 12.1 Å². The predicted molar refractivity (Wildman–Crippen MR) is 73.4 cm³/mol. The Bertz CT molecular complexity index is 826. The van der Waals surface area contributed by atoms with E-state index in [1.165, 1.54) is 24.3 Å². The highest BCUT2D eigenvalue weighted by atomic mass is 19.4. The largest absolute Gasteiger partial charge is 0.416 e. The predicted octanol–water partition coefficient (Wildman–Crippen LogP) is 3.66. The first kappa shape index (κ1) is 17.3. The third-order valence-electron chi connectivity index (χ3n) is 3.86. The summed E-state index contributed by atoms with van der Waals surface area (Å²) >= 11 is 0. The SMILES string of the molecule is O=C1NC(O)(c2cc(C(F)(F)F)cc(C(F)(F)F)c2)c2ccccc21. The van der Waals surface area contributed by atoms with Gasteiger partial charge in [0.25, 0.3) is 5.91 Å². The number of aliphatic hydroxyl groups is 1. The maximum atomic E-state index is 13.0. The van der Waals surface area contributed by atoms with Gasteiger partial charge in [0, 0.05) is 16.7 Å². The van der Waals surface area contributed by atoms with Crippen LogP contribution in [0.4, 0.5) is 26.3 Å². The smallest absolute Gasteiger partial charge is 0.363 e. The van der Waals surface area contributed by atoms with Crippen LogP contribution in [-0.2, 0) is 18.1 Å². The second kappa shape index (κ2) is 5.22. The number of carbonyl (C=O) groups excluding carboxylic acids is 1. The minimum atomic E-state index is -5.06. The Hall–Kier alpha value is -2.55. The van der Waals surface area contributed by atoms with Crippen LogP contribution >= 0.6 is 0 Å². The quantitative estimate of drug-likeness (QED) is 0.762. The van der Waals surface area contributed by atoms with Gasteiger partial charge < -0.3 is 10.4 Å². The number of amides is 1. The van der Waals surface area contributed by atoms with E-state index in [2.05, 4.69) is 5.32 Å². The molecule has 1 atom stereocenters. The molecule has 3 rings (SSSR count). The topological polar surface area (TPSA) is 49.3 Å². The van der Waals surface area contributed by atoms with Crippen LogP contribution in [0.1, 0.15) is 32.6 Å². The van der Waals surface area contributed by atoms with Crippen molar-refractivity contribution in [2.75, 3.05) is 0 Å². The van der Waals surface area contributed by atoms with Crippen LogP contribution in [0.15, 0.2) is 42.5 Å². The van der Waals surface area contributed by atoms with E-state index < -0.39 is 40.7 Å². The van der Waals surface area contributed by atoms with Gasteiger partial charge in [-0.1, -0.05) is 18.2 Å². The summed E-state index contributed by atoms with van der Waals surface area (Å²) in [6.07, 6.45) is -10.1. The van der Waals surface area contributed by atoms with Gasteiger partial charge in [-0.3, -0.25) is 4.79 Å². The van der Waals surface area contributed by atoms with Crippen molar-refractivity contribution < 1.29 is 36.2 Å². The lowest BCUT2D eigenvalue weighted by atomic mass is 9.91. The third kappa shape index (κ3) is 2.84. The van der Waals surface area contributed by atoms with Crippen molar-refractivity contribution in [3.05, 3.63) is 70.3 Å². The van der Waals surface area contributed by atoms with Crippen molar-refractivity contribution in [1.82, 2.24) is 5.32 Å². The Morgan fingerprint density at radius 1 is 0.880 bits per heavy atom. The van der Waals surface area contributed by atoms with Crippen molar-refractivity contribution in [2.45, 2.75) is 18.1 Å². The highest BCUT2D eigenvalue weighted by Gasteiger charge is 2.45. The molecular weight excluding hydrogens is 352 g/mol. The Morgan fingerprint density at radius 2 is 1.40 bits per heavy atom. The lowest BCUT2D eigenvalue weighted by Crippen LogP contribution is -2.40. The first-order chi connectivity index (χ1) is 11.4. The summed E-state index contributed by atoms with van der Waals surface area (Å²) in [6, 6.07) is 6.15. The molecule has 0 saturated heterocycles. The molecule has 1 aliphatic heterocycles. The number of hydrogen-bond acceptors (Lipinski definition) is 2. The van der Waals surface area contributed by atoms with Gasteiger partial charge in [-0.25, -0.2) is 0 Å². The fourth-order valence-electron chi connectivity index (χ4n) is 2.69. The van der Waals surface area contributed by atoms with Crippen LogP contribution in [0.25, 0.3) is 0 Å². The van der Waals surface area contributed by atoms with Crippen molar-refractivity contribution in [2.24, 2.45) is 0 Å². The first-order valence-corrected chi connectivity index (χ1v) is 6.87. The molecule has 0 radical (unpaired) electrons. The number of rotatable bonds is 1. The summed E-state index contributed by atoms with van der Waals surface area (Å²) in [6.45, 7) is 0. The zero-order valence-electron chi connectivity index (χ0n) is 12.2. The fraction of sp³-hybridized carbons (Fsp3) is 0.188. The zero-order valence-corrected chi connectivity index (χ0v) is 12.2. The summed E-state index contributed by atoms with van der Waals surface area (Å²) < 4.78 is 77.9. The maximum Gasteiger partial charge on any atom is 0.416 e. The molecule has 3 nitrogen and oxygen atoms in total. The van der Waals surface area contributed by atoms with E-state index in [9.17, 15) is 36.2 Å². The average Bonchev–Trinajstić information content (AvgIpc) is 2.78. The van der Waals surface area contributed by atoms with Gasteiger partial charge in [-0.05, 0) is 24.3 Å². The number of halogens is 6. The molecule has 132 valence electrons. The molecule has 25 heavy (non-hydrogen) atoms. The molecule has 0 fully saturated rings. The number of nitrogens with one attached hydrogen (secondary N) is 1. The van der Waals surface area contributed by atoms with Gasteiger partial charge >= 0.3 is 12.4 Å². The van der Waals surface area contributed by atoms with Crippen LogP contribution in [-0.4, -0.2) is 11.0 Å². The highest BCUT2D eigenvalue weighted by Crippen LogP contribution is 2.41. The summed E-state index contributed by atoms with van der Waals surface area (Å²) in [4.78, 5) is 11.9.